The van der Waals surface area contributed by atoms with Gasteiger partial charge >= 0.3 is 0 Å². The van der Waals surface area contributed by atoms with Crippen molar-refractivity contribution < 1.29 is 9.13 Å². The molecule has 5 heteroatoms. The topological polar surface area (TPSA) is 21.3 Å². The summed E-state index contributed by atoms with van der Waals surface area (Å²) in [5.41, 5.74) is 1.87. The molecular formula is C17H16BrClFNO. The van der Waals surface area contributed by atoms with Crippen molar-refractivity contribution in [3.63, 3.8) is 0 Å². The van der Waals surface area contributed by atoms with Crippen LogP contribution in [0.2, 0.25) is 5.02 Å². The summed E-state index contributed by atoms with van der Waals surface area (Å²) >= 11 is 9.52. The summed E-state index contributed by atoms with van der Waals surface area (Å²) < 4.78 is 20.0. The van der Waals surface area contributed by atoms with Crippen LogP contribution in [-0.4, -0.2) is 6.04 Å². The molecule has 0 aromatic heterocycles. The summed E-state index contributed by atoms with van der Waals surface area (Å²) in [6, 6.07) is 10.9. The van der Waals surface area contributed by atoms with Crippen LogP contribution in [0, 0.1) is 5.82 Å². The Hall–Kier alpha value is -1.10. The zero-order valence-corrected chi connectivity index (χ0v) is 14.3. The molecule has 0 aliphatic heterocycles. The van der Waals surface area contributed by atoms with E-state index >= 15 is 0 Å². The summed E-state index contributed by atoms with van der Waals surface area (Å²) in [6.45, 7) is 1.09. The average molecular weight is 385 g/mol. The first-order valence-electron chi connectivity index (χ1n) is 7.20. The number of hydrogen-bond donors (Lipinski definition) is 1. The molecule has 1 aliphatic rings. The Morgan fingerprint density at radius 1 is 1.18 bits per heavy atom. The summed E-state index contributed by atoms with van der Waals surface area (Å²) in [4.78, 5) is 0. The van der Waals surface area contributed by atoms with Gasteiger partial charge in [0, 0.05) is 28.2 Å². The van der Waals surface area contributed by atoms with Gasteiger partial charge in [-0.15, -0.1) is 0 Å². The predicted molar refractivity (Wildman–Crippen MR) is 89.7 cm³/mol. The maximum Gasteiger partial charge on any atom is 0.124 e. The molecule has 0 bridgehead atoms. The minimum atomic E-state index is -0.341. The molecule has 0 saturated heterocycles. The maximum atomic E-state index is 13.1. The Kier molecular flexibility index (Phi) is 5.01. The average Bonchev–Trinajstić information content (AvgIpc) is 3.30. The van der Waals surface area contributed by atoms with E-state index in [0.717, 1.165) is 27.9 Å². The highest BCUT2D eigenvalue weighted by atomic mass is 79.9. The lowest BCUT2D eigenvalue weighted by Crippen LogP contribution is -2.16. The molecule has 0 spiro atoms. The summed E-state index contributed by atoms with van der Waals surface area (Å²) in [6.07, 6.45) is 2.49. The van der Waals surface area contributed by atoms with Crippen molar-refractivity contribution in [2.75, 3.05) is 0 Å². The monoisotopic (exact) mass is 383 g/mol. The number of nitrogens with one attached hydrogen (secondary N) is 1. The minimum Gasteiger partial charge on any atom is -0.489 e. The summed E-state index contributed by atoms with van der Waals surface area (Å²) in [5, 5.41) is 3.87. The molecule has 1 saturated carbocycles. The summed E-state index contributed by atoms with van der Waals surface area (Å²) in [5.74, 6) is 0.475. The van der Waals surface area contributed by atoms with Gasteiger partial charge in [0.25, 0.3) is 0 Å². The quantitative estimate of drug-likeness (QED) is 0.750. The molecule has 0 radical (unpaired) electrons. The number of benzene rings is 2. The van der Waals surface area contributed by atoms with Crippen molar-refractivity contribution in [2.24, 2.45) is 0 Å². The third-order valence-electron chi connectivity index (χ3n) is 3.58. The van der Waals surface area contributed by atoms with E-state index in [1.807, 2.05) is 12.1 Å². The predicted octanol–water partition coefficient (Wildman–Crippen LogP) is 5.07. The van der Waals surface area contributed by atoms with Crippen LogP contribution >= 0.6 is 27.5 Å². The van der Waals surface area contributed by atoms with Crippen molar-refractivity contribution in [1.82, 2.24) is 5.32 Å². The highest BCUT2D eigenvalue weighted by molar-refractivity contribution is 9.10. The van der Waals surface area contributed by atoms with Gasteiger partial charge in [0.2, 0.25) is 0 Å². The lowest BCUT2D eigenvalue weighted by Gasteiger charge is -2.13. The first-order chi connectivity index (χ1) is 10.6. The van der Waals surface area contributed by atoms with Gasteiger partial charge < -0.3 is 10.1 Å². The van der Waals surface area contributed by atoms with Crippen LogP contribution in [0.25, 0.3) is 0 Å². The first-order valence-corrected chi connectivity index (χ1v) is 8.37. The minimum absolute atomic E-state index is 0.317. The molecule has 0 unspecified atom stereocenters. The number of halogens is 3. The molecule has 1 fully saturated rings. The smallest absolute Gasteiger partial charge is 0.124 e. The maximum absolute atomic E-state index is 13.1. The largest absolute Gasteiger partial charge is 0.489 e. The zero-order chi connectivity index (χ0) is 15.5. The van der Waals surface area contributed by atoms with Gasteiger partial charge in [-0.3, -0.25) is 0 Å². The van der Waals surface area contributed by atoms with Gasteiger partial charge in [0.15, 0.2) is 0 Å². The lowest BCUT2D eigenvalue weighted by atomic mass is 10.2. The molecule has 1 aliphatic carbocycles. The van der Waals surface area contributed by atoms with E-state index in [4.69, 9.17) is 16.3 Å². The highest BCUT2D eigenvalue weighted by Crippen LogP contribution is 2.27. The molecule has 0 atom stereocenters. The number of ether oxygens (including phenoxy) is 1. The Labute approximate surface area is 142 Å². The Morgan fingerprint density at radius 3 is 2.73 bits per heavy atom. The van der Waals surface area contributed by atoms with Gasteiger partial charge in [-0.25, -0.2) is 4.39 Å². The lowest BCUT2D eigenvalue weighted by molar-refractivity contribution is 0.302. The second-order valence-electron chi connectivity index (χ2n) is 5.43. The van der Waals surface area contributed by atoms with Crippen LogP contribution in [0.5, 0.6) is 5.75 Å². The van der Waals surface area contributed by atoms with Gasteiger partial charge in [0.1, 0.15) is 18.2 Å². The van der Waals surface area contributed by atoms with Crippen LogP contribution < -0.4 is 10.1 Å². The van der Waals surface area contributed by atoms with Gasteiger partial charge in [-0.05, 0) is 43.2 Å². The number of hydrogen-bond acceptors (Lipinski definition) is 2. The fraction of sp³-hybridized carbons (Fsp3) is 0.294. The van der Waals surface area contributed by atoms with Crippen LogP contribution in [0.1, 0.15) is 24.0 Å². The molecule has 0 heterocycles. The second kappa shape index (κ2) is 6.99. The van der Waals surface area contributed by atoms with Gasteiger partial charge in [0.05, 0.1) is 5.02 Å². The Morgan fingerprint density at radius 2 is 2.00 bits per heavy atom. The standard InChI is InChI=1S/C17H16BrClFNO/c18-13-2-6-17(12(7-13)9-21-15-4-5-15)22-10-11-1-3-14(20)8-16(11)19/h1-3,6-8,15,21H,4-5,9-10H2. The fourth-order valence-corrected chi connectivity index (χ4v) is 2.79. The first kappa shape index (κ1) is 15.8. The molecule has 22 heavy (non-hydrogen) atoms. The van der Waals surface area contributed by atoms with Gasteiger partial charge in [-0.1, -0.05) is 33.6 Å². The van der Waals surface area contributed by atoms with Crippen LogP contribution in [0.3, 0.4) is 0 Å². The molecule has 2 aromatic carbocycles. The van der Waals surface area contributed by atoms with Crippen molar-refractivity contribution in [2.45, 2.75) is 32.0 Å². The molecule has 2 aromatic rings. The van der Waals surface area contributed by atoms with Crippen LogP contribution in [0.15, 0.2) is 40.9 Å². The molecule has 116 valence electrons. The van der Waals surface area contributed by atoms with Crippen molar-refractivity contribution >= 4 is 27.5 Å². The molecule has 3 rings (SSSR count). The van der Waals surface area contributed by atoms with E-state index in [2.05, 4.69) is 27.3 Å². The molecular weight excluding hydrogens is 369 g/mol. The second-order valence-corrected chi connectivity index (χ2v) is 6.75. The third kappa shape index (κ3) is 4.22. The van der Waals surface area contributed by atoms with E-state index in [-0.39, 0.29) is 5.82 Å². The van der Waals surface area contributed by atoms with E-state index < -0.39 is 0 Å². The van der Waals surface area contributed by atoms with E-state index in [1.165, 1.54) is 25.0 Å². The summed E-state index contributed by atoms with van der Waals surface area (Å²) in [7, 11) is 0. The van der Waals surface area contributed by atoms with Crippen molar-refractivity contribution in [1.29, 1.82) is 0 Å². The fourth-order valence-electron chi connectivity index (χ4n) is 2.16. The van der Waals surface area contributed by atoms with Crippen LogP contribution in [-0.2, 0) is 13.2 Å². The van der Waals surface area contributed by atoms with Crippen molar-refractivity contribution in [3.8, 4) is 5.75 Å². The highest BCUT2D eigenvalue weighted by Gasteiger charge is 2.20. The third-order valence-corrected chi connectivity index (χ3v) is 4.42. The molecule has 2 nitrogen and oxygen atoms in total. The van der Waals surface area contributed by atoms with E-state index in [0.29, 0.717) is 17.7 Å². The SMILES string of the molecule is Fc1ccc(COc2ccc(Br)cc2CNC2CC2)c(Cl)c1. The van der Waals surface area contributed by atoms with E-state index in [1.54, 1.807) is 6.07 Å². The van der Waals surface area contributed by atoms with Gasteiger partial charge in [-0.2, -0.15) is 0 Å². The molecule has 1 N–H and O–H groups in total. The molecule has 0 amide bonds. The number of rotatable bonds is 6. The van der Waals surface area contributed by atoms with E-state index in [9.17, 15) is 4.39 Å². The normalized spacial score (nSPS) is 14.1. The Balaban J connectivity index is 1.70. The van der Waals surface area contributed by atoms with Crippen molar-refractivity contribution in [3.05, 3.63) is 62.8 Å². The Bertz CT molecular complexity index is 676. The van der Waals surface area contributed by atoms with Crippen LogP contribution in [0.4, 0.5) is 4.39 Å². The zero-order valence-electron chi connectivity index (χ0n) is 11.9.